The van der Waals surface area contributed by atoms with Crippen LogP contribution in [0.5, 0.6) is 69.0 Å². The van der Waals surface area contributed by atoms with Crippen LogP contribution < -0.4 is 47.7 Å². The molecule has 29 heteroatoms. The number of imide groups is 2. The molecular formula is C86H61F3N8O18. The minimum atomic E-state index is -5.78. The third kappa shape index (κ3) is 13.8. The number of benzene rings is 9. The Morgan fingerprint density at radius 1 is 0.374 bits per heavy atom. The second-order valence-corrected chi connectivity index (χ2v) is 27.7. The van der Waals surface area contributed by atoms with Gasteiger partial charge >= 0.3 is 6.18 Å². The number of alkyl halides is 3. The van der Waals surface area contributed by atoms with E-state index in [1.54, 1.807) is 133 Å². The lowest BCUT2D eigenvalue weighted by Gasteiger charge is -2.37. The van der Waals surface area contributed by atoms with E-state index in [0.29, 0.717) is 42.8 Å². The summed E-state index contributed by atoms with van der Waals surface area (Å²) in [4.78, 5) is 118. The Labute approximate surface area is 649 Å². The van der Waals surface area contributed by atoms with Crippen molar-refractivity contribution in [1.29, 1.82) is 0 Å². The molecule has 26 nitrogen and oxygen atoms in total. The van der Waals surface area contributed by atoms with Crippen LogP contribution in [0.4, 0.5) is 36.4 Å². The molecule has 574 valence electrons. The number of para-hydroxylation sites is 4. The summed E-state index contributed by atoms with van der Waals surface area (Å²) in [5, 5.41) is -0.152. The Bertz CT molecular complexity index is 5750. The van der Waals surface area contributed by atoms with Gasteiger partial charge in [-0.3, -0.25) is 38.6 Å². The van der Waals surface area contributed by atoms with Crippen molar-refractivity contribution in [2.45, 2.75) is 49.6 Å². The molecule has 0 saturated carbocycles. The average Bonchev–Trinajstić information content (AvgIpc) is 1.26. The number of fused-ring (bicyclic) bond motifs is 2. The molecule has 0 aliphatic carbocycles. The summed E-state index contributed by atoms with van der Waals surface area (Å²) in [6.45, 7) is 3.67. The summed E-state index contributed by atoms with van der Waals surface area (Å²) < 4.78 is 125. The van der Waals surface area contributed by atoms with Crippen LogP contribution in [0.2, 0.25) is 0 Å². The lowest BCUT2D eigenvalue weighted by Crippen LogP contribution is -2.60. The van der Waals surface area contributed by atoms with Gasteiger partial charge in [0.25, 0.3) is 35.4 Å². The second-order valence-electron chi connectivity index (χ2n) is 27.7. The zero-order valence-corrected chi connectivity index (χ0v) is 60.5. The summed E-state index contributed by atoms with van der Waals surface area (Å²) in [7, 11) is 0. The minimum absolute atomic E-state index is 0.00456. The summed E-state index contributed by atoms with van der Waals surface area (Å²) in [5.41, 5.74) is -1.51. The fraction of sp³-hybridized carbons (Fsp3) is 0.186. The van der Waals surface area contributed by atoms with Crippen LogP contribution >= 0.6 is 0 Å². The Morgan fingerprint density at radius 2 is 0.635 bits per heavy atom. The standard InChI is InChI=1S/C86H61F3N8O18/c1-46(80(98)95(67-30-51(22-26-90-67)104-38-55-42-108-55)68-31-52(23-27-91-68)105-39-56-43-109-56)94-81(99)59-34-63(112-47-14-6-2-7-15-47)73-75-65(114-49-18-10-4-11-19-49)36-61-72-62(37-66(115-50-20-12-5-13-21-50)76(78(72)75)74-64(113-48-16-8-3-9-17-48)35-60(82(94)100)71(59)77(73)74)84(102)97(83(61)101)79(86(87,88)89)85(103)96(69-32-53(24-28-92-69)106-40-57-44-110-57)70-33-54(25-29-93-70)107-41-58-45-111-58/h2-37,46,55-58,79H,38-45H2,1H3. The van der Waals surface area contributed by atoms with Gasteiger partial charge in [0.15, 0.2) is 0 Å². The van der Waals surface area contributed by atoms with E-state index in [1.807, 2.05) is 0 Å². The summed E-state index contributed by atoms with van der Waals surface area (Å²) >= 11 is 0. The molecular weight excluding hydrogens is 1490 g/mol. The number of epoxide rings is 4. The molecule has 10 heterocycles. The molecule has 6 aliphatic rings. The molecule has 6 aliphatic heterocycles. The van der Waals surface area contributed by atoms with Gasteiger partial charge in [0.05, 0.1) is 48.7 Å². The van der Waals surface area contributed by atoms with Gasteiger partial charge in [0, 0.05) is 92.1 Å². The molecule has 19 rings (SSSR count). The van der Waals surface area contributed by atoms with Crippen LogP contribution in [0.15, 0.2) is 219 Å². The fourth-order valence-electron chi connectivity index (χ4n) is 14.3. The third-order valence-corrected chi connectivity index (χ3v) is 20.0. The quantitative estimate of drug-likeness (QED) is 0.0190. The van der Waals surface area contributed by atoms with Crippen molar-refractivity contribution in [3.63, 3.8) is 0 Å². The summed E-state index contributed by atoms with van der Waals surface area (Å²) in [6.07, 6.45) is -1.34. The van der Waals surface area contributed by atoms with Gasteiger partial charge < -0.3 is 56.8 Å². The van der Waals surface area contributed by atoms with Gasteiger partial charge in [-0.1, -0.05) is 72.8 Å². The van der Waals surface area contributed by atoms with Crippen LogP contribution in [0.3, 0.4) is 0 Å². The van der Waals surface area contributed by atoms with Crippen LogP contribution in [0, 0.1) is 0 Å². The van der Waals surface area contributed by atoms with Crippen molar-refractivity contribution in [1.82, 2.24) is 29.7 Å². The molecule has 115 heavy (non-hydrogen) atoms. The number of hydrogen-bond donors (Lipinski definition) is 0. The first-order valence-electron chi connectivity index (χ1n) is 36.6. The molecule has 0 N–H and O–H groups in total. The first-order valence-corrected chi connectivity index (χ1v) is 36.6. The maximum atomic E-state index is 17.1. The van der Waals surface area contributed by atoms with E-state index in [2.05, 4.69) is 19.9 Å². The van der Waals surface area contributed by atoms with E-state index < -0.39 is 76.5 Å². The van der Waals surface area contributed by atoms with Crippen LogP contribution in [-0.4, -0.2) is 161 Å². The number of anilines is 4. The van der Waals surface area contributed by atoms with Crippen molar-refractivity contribution in [2.75, 3.05) is 62.7 Å². The van der Waals surface area contributed by atoms with Crippen LogP contribution in [-0.2, 0) is 28.5 Å². The van der Waals surface area contributed by atoms with Gasteiger partial charge in [0.2, 0.25) is 6.04 Å². The highest BCUT2D eigenvalue weighted by atomic mass is 19.4. The highest BCUT2D eigenvalue weighted by molar-refractivity contribution is 6.45. The molecule has 4 saturated heterocycles. The average molecular weight is 1550 g/mol. The number of hydrogen-bond acceptors (Lipinski definition) is 22. The number of aromatic nitrogens is 4. The number of carbonyl (C=O) groups excluding carboxylic acids is 6. The molecule has 6 unspecified atom stereocenters. The third-order valence-electron chi connectivity index (χ3n) is 20.0. The predicted octanol–water partition coefficient (Wildman–Crippen LogP) is 14.8. The number of ether oxygens (including phenoxy) is 12. The SMILES string of the molecule is CC(C(=O)N(c1cc(OCC2CO2)ccn1)c1cc(OCC2CO2)ccn1)N1C(=O)c2cc(Oc3ccccc3)c3c4c(Oc5ccccc5)cc5c6c(cc(Oc7ccccc7)c(c7c(Oc8ccccc8)cc(c2c37)C1=O)c64)C(=O)N(C(C(=O)N(c1cc(OCC2CO2)ccn1)c1cc(OCC2CO2)ccn1)C(F)(F)F)C5=O. The first kappa shape index (κ1) is 71.4. The molecule has 0 radical (unpaired) electrons. The Morgan fingerprint density at radius 3 is 0.896 bits per heavy atom. The van der Waals surface area contributed by atoms with Gasteiger partial charge in [0.1, 0.15) is 149 Å². The number of halogens is 3. The van der Waals surface area contributed by atoms with Crippen molar-refractivity contribution >= 4 is 102 Å². The van der Waals surface area contributed by atoms with E-state index in [1.165, 1.54) is 92.4 Å². The Hall–Kier alpha value is -13.9. The van der Waals surface area contributed by atoms with E-state index >= 15 is 41.9 Å². The van der Waals surface area contributed by atoms with Crippen molar-refractivity contribution in [3.8, 4) is 69.0 Å². The van der Waals surface area contributed by atoms with Crippen molar-refractivity contribution < 1.29 is 98.8 Å². The molecule has 0 spiro atoms. The van der Waals surface area contributed by atoms with Gasteiger partial charge in [-0.05, 0) is 104 Å². The smallest absolute Gasteiger partial charge is 0.418 e. The van der Waals surface area contributed by atoms with Gasteiger partial charge in [-0.2, -0.15) is 13.2 Å². The van der Waals surface area contributed by atoms with E-state index in [0.717, 1.165) is 9.80 Å². The largest absolute Gasteiger partial charge is 0.491 e. The topological polar surface area (TPSA) is 291 Å². The highest BCUT2D eigenvalue weighted by Gasteiger charge is 2.57. The molecule has 13 aromatic rings. The molecule has 4 aromatic heterocycles. The maximum Gasteiger partial charge on any atom is 0.418 e. The van der Waals surface area contributed by atoms with E-state index in [9.17, 15) is 0 Å². The highest BCUT2D eigenvalue weighted by Crippen LogP contribution is 2.59. The summed E-state index contributed by atoms with van der Waals surface area (Å²) in [5.74, 6) is -8.27. The maximum absolute atomic E-state index is 17.1. The number of amides is 6. The lowest BCUT2D eigenvalue weighted by atomic mass is 9.80. The van der Waals surface area contributed by atoms with Gasteiger partial charge in [-0.25, -0.2) is 29.7 Å². The molecule has 6 amide bonds. The normalized spacial score (nSPS) is 17.6. The number of nitrogens with zero attached hydrogens (tertiary/aromatic N) is 8. The van der Waals surface area contributed by atoms with E-state index in [4.69, 9.17) is 56.8 Å². The molecule has 6 atom stereocenters. The fourth-order valence-corrected chi connectivity index (χ4v) is 14.3. The Balaban J connectivity index is 0.843. The monoisotopic (exact) mass is 1550 g/mol. The van der Waals surface area contributed by atoms with Crippen molar-refractivity contribution in [3.05, 3.63) is 241 Å². The molecule has 9 aromatic carbocycles. The zero-order chi connectivity index (χ0) is 78.3. The number of rotatable bonds is 28. The number of carbonyl (C=O) groups is 6. The zero-order valence-electron chi connectivity index (χ0n) is 60.5. The van der Waals surface area contributed by atoms with Crippen molar-refractivity contribution in [2.24, 2.45) is 0 Å². The second kappa shape index (κ2) is 29.0. The summed E-state index contributed by atoms with van der Waals surface area (Å²) in [6, 6.07) is 44.5. The van der Waals surface area contributed by atoms with Gasteiger partial charge in [-0.15, -0.1) is 0 Å². The van der Waals surface area contributed by atoms with Crippen LogP contribution in [0.1, 0.15) is 48.4 Å². The predicted molar refractivity (Wildman–Crippen MR) is 406 cm³/mol. The minimum Gasteiger partial charge on any atom is -0.491 e. The lowest BCUT2D eigenvalue weighted by molar-refractivity contribution is -0.178. The number of pyridine rings is 4. The molecule has 0 bridgehead atoms. The first-order chi connectivity index (χ1) is 56.0. The Kier molecular flexibility index (Phi) is 18.0. The van der Waals surface area contributed by atoms with Crippen LogP contribution in [0.25, 0.3) is 43.1 Å². The molecule has 4 fully saturated rings. The van der Waals surface area contributed by atoms with E-state index in [-0.39, 0.29) is 179 Å².